The van der Waals surface area contributed by atoms with Crippen LogP contribution in [0.4, 0.5) is 0 Å². The Balaban J connectivity index is 2.31. The van der Waals surface area contributed by atoms with Crippen molar-refractivity contribution in [2.45, 2.75) is 32.3 Å². The monoisotopic (exact) mass is 158 g/mol. The van der Waals surface area contributed by atoms with E-state index < -0.39 is 0 Å². The third kappa shape index (κ3) is 2.19. The molecule has 2 atom stereocenters. The van der Waals surface area contributed by atoms with Crippen molar-refractivity contribution in [1.82, 2.24) is 0 Å². The molecule has 0 amide bonds. The molecule has 1 fully saturated rings. The summed E-state index contributed by atoms with van der Waals surface area (Å²) in [5.41, 5.74) is 0. The number of carbonyl (C=O) groups is 1. The highest BCUT2D eigenvalue weighted by Crippen LogP contribution is 2.26. The van der Waals surface area contributed by atoms with E-state index in [0.717, 1.165) is 12.8 Å². The van der Waals surface area contributed by atoms with Crippen LogP contribution in [-0.2, 0) is 9.53 Å². The first-order valence-electron chi connectivity index (χ1n) is 4.08. The van der Waals surface area contributed by atoms with Crippen molar-refractivity contribution in [3.63, 3.8) is 0 Å². The molecule has 0 bridgehead atoms. The van der Waals surface area contributed by atoms with E-state index in [4.69, 9.17) is 9.84 Å². The van der Waals surface area contributed by atoms with Crippen molar-refractivity contribution in [1.29, 1.82) is 0 Å². The average Bonchev–Trinajstić information content (AvgIpc) is 2.36. The fraction of sp³-hybridized carbons (Fsp3) is 0.875. The topological polar surface area (TPSA) is 46.5 Å². The number of aliphatic hydroxyl groups is 1. The van der Waals surface area contributed by atoms with E-state index >= 15 is 0 Å². The maximum absolute atomic E-state index is 11.1. The number of hydrogen-bond donors (Lipinski definition) is 1. The van der Waals surface area contributed by atoms with Crippen molar-refractivity contribution in [2.24, 2.45) is 5.92 Å². The summed E-state index contributed by atoms with van der Waals surface area (Å²) in [6, 6.07) is 0. The molecule has 0 aromatic carbocycles. The van der Waals surface area contributed by atoms with Gasteiger partial charge in [-0.05, 0) is 26.2 Å². The molecule has 0 heterocycles. The lowest BCUT2D eigenvalue weighted by Crippen LogP contribution is -2.15. The van der Waals surface area contributed by atoms with Gasteiger partial charge in [0.15, 0.2) is 0 Å². The van der Waals surface area contributed by atoms with E-state index in [0.29, 0.717) is 13.0 Å². The fourth-order valence-electron chi connectivity index (χ4n) is 1.43. The lowest BCUT2D eigenvalue weighted by molar-refractivity contribution is -0.148. The summed E-state index contributed by atoms with van der Waals surface area (Å²) in [5.74, 6) is -0.200. The average molecular weight is 158 g/mol. The lowest BCUT2D eigenvalue weighted by atomic mass is 10.1. The Kier molecular flexibility index (Phi) is 2.88. The zero-order valence-corrected chi connectivity index (χ0v) is 6.75. The first kappa shape index (κ1) is 8.53. The molecule has 1 aliphatic carbocycles. The highest BCUT2D eigenvalue weighted by atomic mass is 16.5. The molecule has 1 N–H and O–H groups in total. The molecule has 11 heavy (non-hydrogen) atoms. The van der Waals surface area contributed by atoms with Crippen LogP contribution in [-0.4, -0.2) is 23.8 Å². The Hall–Kier alpha value is -0.570. The number of aliphatic hydroxyl groups excluding tert-OH is 1. The fourth-order valence-corrected chi connectivity index (χ4v) is 1.43. The van der Waals surface area contributed by atoms with Gasteiger partial charge in [-0.1, -0.05) is 0 Å². The van der Waals surface area contributed by atoms with Gasteiger partial charge in [0.1, 0.15) is 0 Å². The van der Waals surface area contributed by atoms with Crippen molar-refractivity contribution in [3.8, 4) is 0 Å². The molecule has 1 aliphatic rings. The second-order valence-corrected chi connectivity index (χ2v) is 2.92. The van der Waals surface area contributed by atoms with Crippen LogP contribution in [0.3, 0.4) is 0 Å². The highest BCUT2D eigenvalue weighted by Gasteiger charge is 2.29. The number of hydrogen-bond acceptors (Lipinski definition) is 3. The van der Waals surface area contributed by atoms with Crippen LogP contribution in [0.15, 0.2) is 0 Å². The van der Waals surface area contributed by atoms with E-state index in [1.807, 2.05) is 0 Å². The van der Waals surface area contributed by atoms with Gasteiger partial charge in [-0.3, -0.25) is 4.79 Å². The smallest absolute Gasteiger partial charge is 0.309 e. The number of carbonyl (C=O) groups excluding carboxylic acids is 1. The zero-order valence-electron chi connectivity index (χ0n) is 6.75. The molecule has 1 saturated carbocycles. The second kappa shape index (κ2) is 3.72. The zero-order chi connectivity index (χ0) is 8.27. The van der Waals surface area contributed by atoms with Gasteiger partial charge in [0.05, 0.1) is 18.6 Å². The van der Waals surface area contributed by atoms with Gasteiger partial charge >= 0.3 is 5.97 Å². The summed E-state index contributed by atoms with van der Waals surface area (Å²) in [6.45, 7) is 2.23. The van der Waals surface area contributed by atoms with Crippen molar-refractivity contribution in [2.75, 3.05) is 6.61 Å². The maximum Gasteiger partial charge on any atom is 0.309 e. The quantitative estimate of drug-likeness (QED) is 0.602. The highest BCUT2D eigenvalue weighted by molar-refractivity contribution is 5.72. The van der Waals surface area contributed by atoms with Crippen LogP contribution in [0, 0.1) is 5.92 Å². The molecule has 0 unspecified atom stereocenters. The number of esters is 1. The van der Waals surface area contributed by atoms with Crippen LogP contribution < -0.4 is 0 Å². The molecule has 0 radical (unpaired) electrons. The SMILES string of the molecule is CCOC(=O)[C@H]1CC[C@H](O)C1. The predicted octanol–water partition coefficient (Wildman–Crippen LogP) is 0.711. The van der Waals surface area contributed by atoms with Gasteiger partial charge in [0.25, 0.3) is 0 Å². The van der Waals surface area contributed by atoms with Crippen LogP contribution >= 0.6 is 0 Å². The van der Waals surface area contributed by atoms with Gasteiger partial charge in [0, 0.05) is 0 Å². The van der Waals surface area contributed by atoms with E-state index in [-0.39, 0.29) is 18.0 Å². The van der Waals surface area contributed by atoms with Crippen LogP contribution in [0.25, 0.3) is 0 Å². The van der Waals surface area contributed by atoms with Crippen molar-refractivity contribution >= 4 is 5.97 Å². The number of ether oxygens (including phenoxy) is 1. The molecular weight excluding hydrogens is 144 g/mol. The van der Waals surface area contributed by atoms with Crippen LogP contribution in [0.2, 0.25) is 0 Å². The number of rotatable bonds is 2. The molecule has 3 nitrogen and oxygen atoms in total. The predicted molar refractivity (Wildman–Crippen MR) is 40.0 cm³/mol. The minimum atomic E-state index is -0.288. The Morgan fingerprint density at radius 3 is 2.82 bits per heavy atom. The molecule has 0 spiro atoms. The van der Waals surface area contributed by atoms with E-state index in [1.165, 1.54) is 0 Å². The van der Waals surface area contributed by atoms with Gasteiger partial charge in [0.2, 0.25) is 0 Å². The summed E-state index contributed by atoms with van der Waals surface area (Å²) in [6.07, 6.45) is 1.81. The summed E-state index contributed by atoms with van der Waals surface area (Å²) >= 11 is 0. The summed E-state index contributed by atoms with van der Waals surface area (Å²) in [4.78, 5) is 11.1. The van der Waals surface area contributed by atoms with Gasteiger partial charge in [-0.25, -0.2) is 0 Å². The molecule has 3 heteroatoms. The molecule has 0 saturated heterocycles. The molecule has 0 aromatic rings. The van der Waals surface area contributed by atoms with E-state index in [1.54, 1.807) is 6.92 Å². The Morgan fingerprint density at radius 1 is 1.64 bits per heavy atom. The van der Waals surface area contributed by atoms with Gasteiger partial charge in [-0.2, -0.15) is 0 Å². The third-order valence-corrected chi connectivity index (χ3v) is 2.02. The van der Waals surface area contributed by atoms with Gasteiger partial charge in [-0.15, -0.1) is 0 Å². The van der Waals surface area contributed by atoms with E-state index in [9.17, 15) is 4.79 Å². The van der Waals surface area contributed by atoms with Crippen molar-refractivity contribution in [3.05, 3.63) is 0 Å². The van der Waals surface area contributed by atoms with Crippen LogP contribution in [0.5, 0.6) is 0 Å². The molecule has 0 aliphatic heterocycles. The Labute approximate surface area is 66.4 Å². The Bertz CT molecular complexity index is 144. The van der Waals surface area contributed by atoms with Gasteiger partial charge < -0.3 is 9.84 Å². The van der Waals surface area contributed by atoms with Crippen molar-refractivity contribution < 1.29 is 14.6 Å². The minimum absolute atomic E-state index is 0.0510. The summed E-state index contributed by atoms with van der Waals surface area (Å²) in [7, 11) is 0. The molecule has 64 valence electrons. The summed E-state index contributed by atoms with van der Waals surface area (Å²) in [5, 5.41) is 9.11. The maximum atomic E-state index is 11.1. The first-order valence-corrected chi connectivity index (χ1v) is 4.08. The van der Waals surface area contributed by atoms with E-state index in [2.05, 4.69) is 0 Å². The normalized spacial score (nSPS) is 30.4. The Morgan fingerprint density at radius 2 is 2.36 bits per heavy atom. The molecular formula is C8H14O3. The second-order valence-electron chi connectivity index (χ2n) is 2.92. The van der Waals surface area contributed by atoms with Crippen LogP contribution in [0.1, 0.15) is 26.2 Å². The minimum Gasteiger partial charge on any atom is -0.466 e. The third-order valence-electron chi connectivity index (χ3n) is 2.02. The standard InChI is InChI=1S/C8H14O3/c1-2-11-8(10)6-3-4-7(9)5-6/h6-7,9H,2-5H2,1H3/t6-,7-/m0/s1. The first-order chi connectivity index (χ1) is 5.24. The molecule has 1 rings (SSSR count). The lowest BCUT2D eigenvalue weighted by Gasteiger charge is -2.06. The molecule has 0 aromatic heterocycles. The largest absolute Gasteiger partial charge is 0.466 e. The summed E-state index contributed by atoms with van der Waals surface area (Å²) < 4.78 is 4.82.